The summed E-state index contributed by atoms with van der Waals surface area (Å²) in [5.74, 6) is 0. The Balaban J connectivity index is 2.19. The summed E-state index contributed by atoms with van der Waals surface area (Å²) in [6.45, 7) is 7.90. The highest BCUT2D eigenvalue weighted by Crippen LogP contribution is 2.25. The number of rotatable bonds is 6. The highest BCUT2D eigenvalue weighted by Gasteiger charge is 2.20. The molecule has 2 atom stereocenters. The molecule has 0 spiro atoms. The van der Waals surface area contributed by atoms with Crippen LogP contribution in [0.4, 0.5) is 0 Å². The Bertz CT molecular complexity index is 492. The molecule has 0 saturated carbocycles. The van der Waals surface area contributed by atoms with Crippen molar-refractivity contribution >= 4 is 0 Å². The van der Waals surface area contributed by atoms with E-state index in [1.165, 1.54) is 17.5 Å². The first kappa shape index (κ1) is 14.8. The summed E-state index contributed by atoms with van der Waals surface area (Å²) in [7, 11) is 0. The largest absolute Gasteiger partial charge is 0.290 e. The van der Waals surface area contributed by atoms with Gasteiger partial charge in [-0.2, -0.15) is 0 Å². The summed E-state index contributed by atoms with van der Waals surface area (Å²) in [6.07, 6.45) is 1.17. The van der Waals surface area contributed by atoms with Gasteiger partial charge in [0.1, 0.15) is 0 Å². The highest BCUT2D eigenvalue weighted by atomic mass is 15.2. The first-order valence-corrected chi connectivity index (χ1v) is 7.57. The Labute approximate surface area is 123 Å². The van der Waals surface area contributed by atoms with Crippen molar-refractivity contribution in [2.24, 2.45) is 0 Å². The summed E-state index contributed by atoms with van der Waals surface area (Å²) in [5.41, 5.74) is 2.78. The summed E-state index contributed by atoms with van der Waals surface area (Å²) < 4.78 is 0. The summed E-state index contributed by atoms with van der Waals surface area (Å²) in [6, 6.07) is 22.6. The number of benzene rings is 2. The van der Waals surface area contributed by atoms with Crippen molar-refractivity contribution in [3.05, 3.63) is 71.8 Å². The van der Waals surface area contributed by atoms with Crippen LogP contribution in [-0.4, -0.2) is 10.9 Å². The first-order chi connectivity index (χ1) is 9.72. The molecule has 20 heavy (non-hydrogen) atoms. The molecule has 0 aliphatic carbocycles. The van der Waals surface area contributed by atoms with E-state index in [2.05, 4.69) is 86.3 Å². The van der Waals surface area contributed by atoms with Gasteiger partial charge in [-0.05, 0) is 31.4 Å². The fourth-order valence-electron chi connectivity index (χ4n) is 2.63. The van der Waals surface area contributed by atoms with E-state index in [4.69, 9.17) is 0 Å². The lowest BCUT2D eigenvalue weighted by molar-refractivity contribution is 0.141. The molecule has 2 aromatic carbocycles. The van der Waals surface area contributed by atoms with E-state index in [9.17, 15) is 0 Å². The average molecular weight is 267 g/mol. The van der Waals surface area contributed by atoms with Gasteiger partial charge in [0.05, 0.1) is 0 Å². The summed E-state index contributed by atoms with van der Waals surface area (Å²) in [5, 5.41) is 0. The SMILES string of the molecule is CCC(C)N(Cc1ccccc1)C(C)c1ccccc1. The third kappa shape index (κ3) is 3.71. The summed E-state index contributed by atoms with van der Waals surface area (Å²) in [4.78, 5) is 2.59. The number of hydrogen-bond acceptors (Lipinski definition) is 1. The highest BCUT2D eigenvalue weighted by molar-refractivity contribution is 5.20. The molecule has 0 fully saturated rings. The maximum Gasteiger partial charge on any atom is 0.0326 e. The third-order valence-corrected chi connectivity index (χ3v) is 4.14. The lowest BCUT2D eigenvalue weighted by Gasteiger charge is -2.34. The molecule has 0 N–H and O–H groups in total. The van der Waals surface area contributed by atoms with E-state index in [0.29, 0.717) is 12.1 Å². The van der Waals surface area contributed by atoms with Crippen LogP contribution in [0.15, 0.2) is 60.7 Å². The molecule has 1 heteroatoms. The molecule has 106 valence electrons. The van der Waals surface area contributed by atoms with Gasteiger partial charge in [-0.3, -0.25) is 4.90 Å². The van der Waals surface area contributed by atoms with Gasteiger partial charge in [-0.1, -0.05) is 67.6 Å². The van der Waals surface area contributed by atoms with Gasteiger partial charge in [0.2, 0.25) is 0 Å². The van der Waals surface area contributed by atoms with Gasteiger partial charge in [0, 0.05) is 18.6 Å². The maximum atomic E-state index is 2.59. The molecule has 1 nitrogen and oxygen atoms in total. The molecule has 0 radical (unpaired) electrons. The Kier molecular flexibility index (Phi) is 5.37. The molecule has 2 rings (SSSR count). The molecule has 0 aliphatic rings. The molecule has 0 aromatic heterocycles. The standard InChI is InChI=1S/C19H25N/c1-4-16(2)20(15-18-11-7-5-8-12-18)17(3)19-13-9-6-10-14-19/h5-14,16-17H,4,15H2,1-3H3. The minimum Gasteiger partial charge on any atom is -0.290 e. The predicted molar refractivity (Wildman–Crippen MR) is 86.6 cm³/mol. The van der Waals surface area contributed by atoms with Crippen LogP contribution in [-0.2, 0) is 6.54 Å². The van der Waals surface area contributed by atoms with Gasteiger partial charge in [0.25, 0.3) is 0 Å². The molecule has 0 heterocycles. The molecule has 0 bridgehead atoms. The van der Waals surface area contributed by atoms with Gasteiger partial charge < -0.3 is 0 Å². The van der Waals surface area contributed by atoms with E-state index in [-0.39, 0.29) is 0 Å². The van der Waals surface area contributed by atoms with Crippen LogP contribution in [0.5, 0.6) is 0 Å². The smallest absolute Gasteiger partial charge is 0.0326 e. The maximum absolute atomic E-state index is 2.59. The van der Waals surface area contributed by atoms with Crippen LogP contribution in [0.2, 0.25) is 0 Å². The van der Waals surface area contributed by atoms with E-state index < -0.39 is 0 Å². The van der Waals surface area contributed by atoms with Crippen molar-refractivity contribution in [2.75, 3.05) is 0 Å². The van der Waals surface area contributed by atoms with E-state index in [1.807, 2.05) is 0 Å². The lowest BCUT2D eigenvalue weighted by Crippen LogP contribution is -2.34. The second kappa shape index (κ2) is 7.25. The molecule has 2 aromatic rings. The second-order valence-electron chi connectivity index (χ2n) is 5.50. The van der Waals surface area contributed by atoms with Gasteiger partial charge in [-0.25, -0.2) is 0 Å². The zero-order valence-corrected chi connectivity index (χ0v) is 12.8. The minimum absolute atomic E-state index is 0.436. The Morgan fingerprint density at radius 3 is 1.95 bits per heavy atom. The van der Waals surface area contributed by atoms with Crippen molar-refractivity contribution < 1.29 is 0 Å². The molecule has 0 saturated heterocycles. The van der Waals surface area contributed by atoms with E-state index in [1.54, 1.807) is 0 Å². The second-order valence-corrected chi connectivity index (χ2v) is 5.50. The Morgan fingerprint density at radius 2 is 1.40 bits per heavy atom. The molecular weight excluding hydrogens is 242 g/mol. The topological polar surface area (TPSA) is 3.24 Å². The Morgan fingerprint density at radius 1 is 0.850 bits per heavy atom. The minimum atomic E-state index is 0.436. The average Bonchev–Trinajstić information content (AvgIpc) is 2.53. The van der Waals surface area contributed by atoms with Crippen LogP contribution in [0.25, 0.3) is 0 Å². The molecule has 0 amide bonds. The molecular formula is C19H25N. The predicted octanol–water partition coefficient (Wildman–Crippen LogP) is 5.05. The zero-order valence-electron chi connectivity index (χ0n) is 12.8. The first-order valence-electron chi connectivity index (χ1n) is 7.57. The van der Waals surface area contributed by atoms with Crippen molar-refractivity contribution in [1.82, 2.24) is 4.90 Å². The van der Waals surface area contributed by atoms with Crippen molar-refractivity contribution in [1.29, 1.82) is 0 Å². The van der Waals surface area contributed by atoms with Gasteiger partial charge in [0.15, 0.2) is 0 Å². The Hall–Kier alpha value is -1.60. The fourth-order valence-corrected chi connectivity index (χ4v) is 2.63. The van der Waals surface area contributed by atoms with E-state index in [0.717, 1.165) is 6.54 Å². The third-order valence-electron chi connectivity index (χ3n) is 4.14. The lowest BCUT2D eigenvalue weighted by atomic mass is 10.0. The number of nitrogens with zero attached hydrogens (tertiary/aromatic N) is 1. The van der Waals surface area contributed by atoms with Crippen LogP contribution in [0, 0.1) is 0 Å². The fraction of sp³-hybridized carbons (Fsp3) is 0.368. The van der Waals surface area contributed by atoms with Crippen LogP contribution in [0.3, 0.4) is 0 Å². The monoisotopic (exact) mass is 267 g/mol. The molecule has 0 aliphatic heterocycles. The number of hydrogen-bond donors (Lipinski definition) is 0. The van der Waals surface area contributed by atoms with Crippen molar-refractivity contribution in [3.8, 4) is 0 Å². The summed E-state index contributed by atoms with van der Waals surface area (Å²) >= 11 is 0. The quantitative estimate of drug-likeness (QED) is 0.708. The van der Waals surface area contributed by atoms with Crippen molar-refractivity contribution in [3.63, 3.8) is 0 Å². The normalized spacial score (nSPS) is 14.2. The van der Waals surface area contributed by atoms with Gasteiger partial charge >= 0.3 is 0 Å². The van der Waals surface area contributed by atoms with Crippen LogP contribution in [0.1, 0.15) is 44.4 Å². The van der Waals surface area contributed by atoms with Crippen molar-refractivity contribution in [2.45, 2.75) is 45.8 Å². The van der Waals surface area contributed by atoms with Crippen LogP contribution >= 0.6 is 0 Å². The van der Waals surface area contributed by atoms with Gasteiger partial charge in [-0.15, -0.1) is 0 Å². The van der Waals surface area contributed by atoms with Crippen LogP contribution < -0.4 is 0 Å². The molecule has 2 unspecified atom stereocenters. The zero-order chi connectivity index (χ0) is 14.4. The van der Waals surface area contributed by atoms with E-state index >= 15 is 0 Å².